The highest BCUT2D eigenvalue weighted by Gasteiger charge is 2.18. The molecular weight excluding hydrogens is 466 g/mol. The molecular formula is C34H29N3O. The van der Waals surface area contributed by atoms with E-state index in [1.807, 2.05) is 30.4 Å². The van der Waals surface area contributed by atoms with Crippen molar-refractivity contribution in [2.24, 2.45) is 5.73 Å². The molecule has 4 nitrogen and oxygen atoms in total. The number of rotatable bonds is 7. The van der Waals surface area contributed by atoms with Gasteiger partial charge in [-0.2, -0.15) is 5.26 Å². The van der Waals surface area contributed by atoms with Crippen LogP contribution in [0.1, 0.15) is 12.0 Å². The van der Waals surface area contributed by atoms with Crippen molar-refractivity contribution < 1.29 is 4.74 Å². The number of fused-ring (bicyclic) bond motifs is 1. The van der Waals surface area contributed by atoms with E-state index < -0.39 is 0 Å². The van der Waals surface area contributed by atoms with Crippen molar-refractivity contribution in [3.8, 4) is 34.1 Å². The van der Waals surface area contributed by atoms with Crippen LogP contribution in [-0.4, -0.2) is 13.2 Å². The summed E-state index contributed by atoms with van der Waals surface area (Å²) >= 11 is 0. The molecule has 3 N–H and O–H groups in total. The van der Waals surface area contributed by atoms with Gasteiger partial charge < -0.3 is 15.8 Å². The molecule has 0 saturated heterocycles. The van der Waals surface area contributed by atoms with Gasteiger partial charge in [0.15, 0.2) is 0 Å². The van der Waals surface area contributed by atoms with Gasteiger partial charge in [0.05, 0.1) is 25.6 Å². The number of nitrogens with two attached hydrogens (primary N) is 1. The van der Waals surface area contributed by atoms with Crippen LogP contribution in [0.4, 0.5) is 0 Å². The van der Waals surface area contributed by atoms with E-state index in [-0.39, 0.29) is 6.04 Å². The number of methoxy groups -OCH3 is 1. The summed E-state index contributed by atoms with van der Waals surface area (Å²) in [7, 11) is 1.72. The first-order valence-electron chi connectivity index (χ1n) is 12.6. The minimum atomic E-state index is -0.0767. The van der Waals surface area contributed by atoms with Crippen LogP contribution in [0.2, 0.25) is 0 Å². The van der Waals surface area contributed by atoms with Crippen LogP contribution in [0.5, 0.6) is 5.75 Å². The molecule has 0 fully saturated rings. The number of nitriles is 1. The third-order valence-corrected chi connectivity index (χ3v) is 6.77. The van der Waals surface area contributed by atoms with Gasteiger partial charge in [0.2, 0.25) is 0 Å². The Hall–Kier alpha value is -5.01. The minimum Gasteiger partial charge on any atom is -0.496 e. The number of hydrogen-bond donors (Lipinski definition) is 2. The summed E-state index contributed by atoms with van der Waals surface area (Å²) in [6.45, 7) is 0. The summed E-state index contributed by atoms with van der Waals surface area (Å²) in [5, 5.41) is 15.0. The molecule has 0 aliphatic carbocycles. The molecule has 0 amide bonds. The Labute approximate surface area is 223 Å². The maximum atomic E-state index is 9.05. The number of benzene rings is 4. The molecule has 186 valence electrons. The predicted molar refractivity (Wildman–Crippen MR) is 157 cm³/mol. The van der Waals surface area contributed by atoms with E-state index in [0.29, 0.717) is 6.42 Å². The van der Waals surface area contributed by atoms with Crippen molar-refractivity contribution in [2.75, 3.05) is 7.11 Å². The molecule has 1 atom stereocenters. The summed E-state index contributed by atoms with van der Waals surface area (Å²) in [5.74, 6) is 0.836. The molecule has 1 aliphatic rings. The Morgan fingerprint density at radius 2 is 1.63 bits per heavy atom. The Morgan fingerprint density at radius 1 is 0.921 bits per heavy atom. The first-order chi connectivity index (χ1) is 18.7. The highest BCUT2D eigenvalue weighted by molar-refractivity contribution is 6.04. The summed E-state index contributed by atoms with van der Waals surface area (Å²) < 4.78 is 5.87. The van der Waals surface area contributed by atoms with Crippen LogP contribution in [0.25, 0.3) is 38.7 Å². The Morgan fingerprint density at radius 3 is 2.37 bits per heavy atom. The molecule has 0 aromatic heterocycles. The predicted octanol–water partition coefficient (Wildman–Crippen LogP) is 7.36. The second-order valence-corrected chi connectivity index (χ2v) is 9.00. The molecule has 0 bridgehead atoms. The number of nitrogens with one attached hydrogen (secondary N) is 1. The summed E-state index contributed by atoms with van der Waals surface area (Å²) in [6.07, 6.45) is 11.8. The summed E-state index contributed by atoms with van der Waals surface area (Å²) in [4.78, 5) is 0. The fraction of sp³-hybridized carbons (Fsp3) is 0.0882. The zero-order chi connectivity index (χ0) is 26.3. The van der Waals surface area contributed by atoms with Crippen LogP contribution < -0.4 is 15.8 Å². The van der Waals surface area contributed by atoms with Crippen LogP contribution in [0, 0.1) is 11.3 Å². The lowest BCUT2D eigenvalue weighted by atomic mass is 9.91. The molecule has 1 unspecified atom stereocenters. The number of hydrogen-bond acceptors (Lipinski definition) is 4. The monoisotopic (exact) mass is 495 g/mol. The Kier molecular flexibility index (Phi) is 7.38. The maximum absolute atomic E-state index is 9.05. The van der Waals surface area contributed by atoms with Crippen LogP contribution in [-0.2, 0) is 0 Å². The first-order valence-corrected chi connectivity index (χ1v) is 12.6. The highest BCUT2D eigenvalue weighted by atomic mass is 16.5. The summed E-state index contributed by atoms with van der Waals surface area (Å²) in [6, 6.07) is 31.6. The molecule has 1 aliphatic heterocycles. The van der Waals surface area contributed by atoms with Crippen LogP contribution in [0.15, 0.2) is 127 Å². The number of ether oxygens (including phenoxy) is 1. The minimum absolute atomic E-state index is 0.0767. The van der Waals surface area contributed by atoms with Crippen LogP contribution in [0.3, 0.4) is 0 Å². The number of dihydropyridines is 1. The third-order valence-electron chi connectivity index (χ3n) is 6.77. The van der Waals surface area contributed by atoms with E-state index >= 15 is 0 Å². The molecule has 0 spiro atoms. The molecule has 4 aromatic rings. The van der Waals surface area contributed by atoms with Gasteiger partial charge in [-0.3, -0.25) is 0 Å². The van der Waals surface area contributed by atoms with Crippen molar-refractivity contribution in [2.45, 2.75) is 12.5 Å². The maximum Gasteiger partial charge on any atom is 0.127 e. The van der Waals surface area contributed by atoms with Gasteiger partial charge in [0.1, 0.15) is 5.75 Å². The molecule has 1 heterocycles. The lowest BCUT2D eigenvalue weighted by Gasteiger charge is -2.24. The van der Waals surface area contributed by atoms with E-state index in [1.54, 1.807) is 7.11 Å². The van der Waals surface area contributed by atoms with Gasteiger partial charge in [0.25, 0.3) is 0 Å². The first kappa shape index (κ1) is 24.7. The SMILES string of the molecule is COc1cc(-c2ccccc2)ccc1-c1ccc(C2=CC=CC(C(/C=C\N)=C/CC#N)N2)c2ccccc12. The lowest BCUT2D eigenvalue weighted by molar-refractivity contribution is 0.416. The van der Waals surface area contributed by atoms with Crippen molar-refractivity contribution in [3.63, 3.8) is 0 Å². The van der Waals surface area contributed by atoms with E-state index in [2.05, 4.69) is 96.3 Å². The van der Waals surface area contributed by atoms with Crippen molar-refractivity contribution >= 4 is 16.5 Å². The highest BCUT2D eigenvalue weighted by Crippen LogP contribution is 2.39. The summed E-state index contributed by atoms with van der Waals surface area (Å²) in [5.41, 5.74) is 13.2. The van der Waals surface area contributed by atoms with Gasteiger partial charge in [-0.05, 0) is 57.5 Å². The van der Waals surface area contributed by atoms with E-state index in [0.717, 1.165) is 55.6 Å². The second-order valence-electron chi connectivity index (χ2n) is 9.00. The van der Waals surface area contributed by atoms with Gasteiger partial charge in [-0.25, -0.2) is 0 Å². The fourth-order valence-electron chi connectivity index (χ4n) is 4.95. The Balaban J connectivity index is 1.55. The molecule has 0 radical (unpaired) electrons. The van der Waals surface area contributed by atoms with Gasteiger partial charge >= 0.3 is 0 Å². The topological polar surface area (TPSA) is 71.1 Å². The third kappa shape index (κ3) is 4.96. The average Bonchev–Trinajstić information content (AvgIpc) is 2.99. The lowest BCUT2D eigenvalue weighted by Crippen LogP contribution is -2.29. The number of allylic oxidation sites excluding steroid dienone is 3. The molecule has 38 heavy (non-hydrogen) atoms. The molecule has 0 saturated carbocycles. The van der Waals surface area contributed by atoms with Crippen LogP contribution >= 0.6 is 0 Å². The van der Waals surface area contributed by atoms with E-state index in [9.17, 15) is 0 Å². The average molecular weight is 496 g/mol. The quantitative estimate of drug-likeness (QED) is 0.263. The number of nitrogens with zero attached hydrogens (tertiary/aromatic N) is 1. The van der Waals surface area contributed by atoms with Crippen molar-refractivity contribution in [1.29, 1.82) is 5.26 Å². The largest absolute Gasteiger partial charge is 0.496 e. The normalized spacial score (nSPS) is 15.2. The smallest absolute Gasteiger partial charge is 0.127 e. The van der Waals surface area contributed by atoms with Crippen molar-refractivity contribution in [3.05, 3.63) is 133 Å². The van der Waals surface area contributed by atoms with Gasteiger partial charge in [-0.15, -0.1) is 0 Å². The second kappa shape index (κ2) is 11.4. The van der Waals surface area contributed by atoms with E-state index in [4.69, 9.17) is 15.7 Å². The molecule has 4 heteroatoms. The Bertz CT molecular complexity index is 1620. The molecule has 4 aromatic carbocycles. The standard InChI is InChI=1S/C34H29N3O/c1-38-34-23-26(24-9-3-2-4-10-24)16-17-31(34)29-18-19-30(28-13-6-5-12-27(28)29)33-15-7-14-32(37-33)25(20-22-36)11-8-21-35/h2-7,9-20,22-23,32,37H,8,36H2,1H3/b22-20-,25-11+. The molecule has 5 rings (SSSR count). The fourth-order valence-corrected chi connectivity index (χ4v) is 4.95. The van der Waals surface area contributed by atoms with E-state index in [1.165, 1.54) is 6.20 Å². The zero-order valence-corrected chi connectivity index (χ0v) is 21.3. The zero-order valence-electron chi connectivity index (χ0n) is 21.3. The van der Waals surface area contributed by atoms with Crippen molar-refractivity contribution in [1.82, 2.24) is 5.32 Å². The van der Waals surface area contributed by atoms with Gasteiger partial charge in [0, 0.05) is 16.8 Å². The van der Waals surface area contributed by atoms with Gasteiger partial charge in [-0.1, -0.05) is 97.1 Å².